The predicted molar refractivity (Wildman–Crippen MR) is 111 cm³/mol. The second-order valence-electron chi connectivity index (χ2n) is 6.12. The minimum Gasteiger partial charge on any atom is -0.493 e. The Labute approximate surface area is 173 Å². The summed E-state index contributed by atoms with van der Waals surface area (Å²) in [6.07, 6.45) is 1.49. The molecule has 0 saturated carbocycles. The molecule has 1 amide bonds. The van der Waals surface area contributed by atoms with E-state index in [0.717, 1.165) is 5.56 Å². The van der Waals surface area contributed by atoms with Crippen molar-refractivity contribution < 1.29 is 19.0 Å². The van der Waals surface area contributed by atoms with Crippen molar-refractivity contribution in [3.8, 4) is 17.2 Å². The lowest BCUT2D eigenvalue weighted by Gasteiger charge is -2.13. The molecule has 0 aromatic heterocycles. The highest BCUT2D eigenvalue weighted by molar-refractivity contribution is 6.41. The molecule has 1 unspecified atom stereocenters. The molecule has 8 nitrogen and oxygen atoms in total. The predicted octanol–water partition coefficient (Wildman–Crippen LogP) is 2.56. The summed E-state index contributed by atoms with van der Waals surface area (Å²) >= 11 is 5.94. The minimum atomic E-state index is -0.390. The summed E-state index contributed by atoms with van der Waals surface area (Å²) in [5.41, 5.74) is 7.34. The van der Waals surface area contributed by atoms with Crippen LogP contribution in [0.25, 0.3) is 0 Å². The van der Waals surface area contributed by atoms with Crippen molar-refractivity contribution >= 4 is 29.4 Å². The Morgan fingerprint density at radius 3 is 2.41 bits per heavy atom. The summed E-state index contributed by atoms with van der Waals surface area (Å²) in [6, 6.07) is 10.8. The maximum absolute atomic E-state index is 12.5. The van der Waals surface area contributed by atoms with Crippen LogP contribution >= 0.6 is 11.6 Å². The van der Waals surface area contributed by atoms with E-state index >= 15 is 0 Å². The lowest BCUT2D eigenvalue weighted by molar-refractivity contribution is -0.114. The van der Waals surface area contributed by atoms with Crippen LogP contribution in [0.1, 0.15) is 17.0 Å². The molecule has 1 aliphatic rings. The number of halogens is 1. The van der Waals surface area contributed by atoms with Gasteiger partial charge in [-0.3, -0.25) is 4.79 Å². The van der Waals surface area contributed by atoms with E-state index in [4.69, 9.17) is 25.8 Å². The van der Waals surface area contributed by atoms with E-state index in [-0.39, 0.29) is 5.92 Å². The first kappa shape index (κ1) is 20.5. The number of carbonyl (C=O) groups excluding carboxylic acids is 1. The molecule has 9 heteroatoms. The molecule has 2 N–H and O–H groups in total. The van der Waals surface area contributed by atoms with E-state index in [2.05, 4.69) is 21.1 Å². The van der Waals surface area contributed by atoms with Crippen LogP contribution in [0.2, 0.25) is 5.02 Å². The number of nitrogens with zero attached hydrogens (tertiary/aromatic N) is 2. The molecule has 1 aliphatic heterocycles. The Hall–Kier alpha value is -3.26. The van der Waals surface area contributed by atoms with Gasteiger partial charge in [0.1, 0.15) is 5.71 Å². The molecule has 2 aromatic carbocycles. The van der Waals surface area contributed by atoms with Crippen LogP contribution in [-0.2, 0) is 4.79 Å². The third-order valence-electron chi connectivity index (χ3n) is 4.40. The van der Waals surface area contributed by atoms with Gasteiger partial charge in [0.25, 0.3) is 5.91 Å². The third kappa shape index (κ3) is 4.60. The van der Waals surface area contributed by atoms with Gasteiger partial charge in [0.05, 0.1) is 33.5 Å². The summed E-state index contributed by atoms with van der Waals surface area (Å²) in [6.45, 7) is 0.529. The number of nitrogens with one attached hydrogen (secondary N) is 2. The van der Waals surface area contributed by atoms with Gasteiger partial charge in [-0.15, -0.1) is 0 Å². The fourth-order valence-corrected chi connectivity index (χ4v) is 3.10. The number of methoxy groups -OCH3 is 3. The highest BCUT2D eigenvalue weighted by Gasteiger charge is 2.28. The Kier molecular flexibility index (Phi) is 6.56. The third-order valence-corrected chi connectivity index (χ3v) is 4.65. The highest BCUT2D eigenvalue weighted by atomic mass is 35.5. The molecule has 0 fully saturated rings. The van der Waals surface area contributed by atoms with Crippen molar-refractivity contribution in [1.29, 1.82) is 0 Å². The van der Waals surface area contributed by atoms with Gasteiger partial charge in [0, 0.05) is 17.1 Å². The molecule has 1 heterocycles. The molecule has 3 rings (SSSR count). The van der Waals surface area contributed by atoms with Crippen LogP contribution in [-0.4, -0.2) is 45.7 Å². The van der Waals surface area contributed by atoms with Crippen molar-refractivity contribution in [1.82, 2.24) is 10.9 Å². The fraction of sp³-hybridized carbons (Fsp3) is 0.250. The van der Waals surface area contributed by atoms with E-state index < -0.39 is 5.91 Å². The summed E-state index contributed by atoms with van der Waals surface area (Å²) in [5.74, 6) is 0.897. The van der Waals surface area contributed by atoms with Crippen molar-refractivity contribution in [2.45, 2.75) is 5.92 Å². The number of rotatable bonds is 7. The van der Waals surface area contributed by atoms with Crippen LogP contribution in [0.5, 0.6) is 17.2 Å². The smallest absolute Gasteiger partial charge is 0.288 e. The van der Waals surface area contributed by atoms with Crippen LogP contribution in [0.3, 0.4) is 0 Å². The zero-order chi connectivity index (χ0) is 20.8. The van der Waals surface area contributed by atoms with E-state index in [1.807, 2.05) is 12.1 Å². The molecule has 0 radical (unpaired) electrons. The number of carbonyl (C=O) groups is 1. The van der Waals surface area contributed by atoms with Gasteiger partial charge >= 0.3 is 0 Å². The topological polar surface area (TPSA) is 93.5 Å². The van der Waals surface area contributed by atoms with E-state index in [1.165, 1.54) is 27.5 Å². The molecule has 29 heavy (non-hydrogen) atoms. The second kappa shape index (κ2) is 9.29. The van der Waals surface area contributed by atoms with E-state index in [9.17, 15) is 4.79 Å². The maximum Gasteiger partial charge on any atom is 0.288 e. The largest absolute Gasteiger partial charge is 0.493 e. The van der Waals surface area contributed by atoms with Gasteiger partial charge in [-0.25, -0.2) is 5.43 Å². The Balaban J connectivity index is 1.71. The number of ether oxygens (including phenoxy) is 3. The highest BCUT2D eigenvalue weighted by Crippen LogP contribution is 2.37. The molecular formula is C20H21ClN4O4. The SMILES string of the molecule is COc1cc(/C=N\NC(=O)C2=NNCC2c2ccc(Cl)cc2)cc(OC)c1OC. The van der Waals surface area contributed by atoms with Gasteiger partial charge in [-0.05, 0) is 29.8 Å². The molecule has 2 aromatic rings. The number of hydrogen-bond acceptors (Lipinski definition) is 7. The zero-order valence-electron chi connectivity index (χ0n) is 16.2. The molecule has 1 atom stereocenters. The zero-order valence-corrected chi connectivity index (χ0v) is 17.0. The quantitative estimate of drug-likeness (QED) is 0.534. The minimum absolute atomic E-state index is 0.177. The first-order valence-electron chi connectivity index (χ1n) is 8.76. The van der Waals surface area contributed by atoms with Gasteiger partial charge in [-0.2, -0.15) is 10.2 Å². The lowest BCUT2D eigenvalue weighted by Crippen LogP contribution is -2.30. The van der Waals surface area contributed by atoms with Gasteiger partial charge in [0.2, 0.25) is 5.75 Å². The fourth-order valence-electron chi connectivity index (χ4n) is 2.98. The summed E-state index contributed by atoms with van der Waals surface area (Å²) in [4.78, 5) is 12.5. The number of hydrogen-bond donors (Lipinski definition) is 2. The van der Waals surface area contributed by atoms with Crippen molar-refractivity contribution in [3.05, 3.63) is 52.5 Å². The summed E-state index contributed by atoms with van der Waals surface area (Å²) < 4.78 is 15.9. The number of hydrazone groups is 2. The van der Waals surface area contributed by atoms with Crippen LogP contribution < -0.4 is 25.1 Å². The average molecular weight is 417 g/mol. The first-order chi connectivity index (χ1) is 14.1. The standard InChI is InChI=1S/C20H21ClN4O4/c1-27-16-8-12(9-17(28-2)19(16)29-3)10-22-25-20(26)18-15(11-23-24-18)13-4-6-14(21)7-5-13/h4-10,15,23H,11H2,1-3H3,(H,25,26)/b22-10-. The lowest BCUT2D eigenvalue weighted by atomic mass is 9.94. The Morgan fingerprint density at radius 1 is 1.17 bits per heavy atom. The van der Waals surface area contributed by atoms with Crippen LogP contribution in [0.4, 0.5) is 0 Å². The summed E-state index contributed by atoms with van der Waals surface area (Å²) in [5, 5.41) is 8.78. The molecule has 0 bridgehead atoms. The van der Waals surface area contributed by atoms with E-state index in [0.29, 0.717) is 40.1 Å². The molecule has 0 saturated heterocycles. The van der Waals surface area contributed by atoms with Gasteiger partial charge in [0.15, 0.2) is 11.5 Å². The van der Waals surface area contributed by atoms with Crippen LogP contribution in [0, 0.1) is 0 Å². The Bertz CT molecular complexity index is 919. The second-order valence-corrected chi connectivity index (χ2v) is 6.56. The first-order valence-corrected chi connectivity index (χ1v) is 9.14. The van der Waals surface area contributed by atoms with Crippen LogP contribution in [0.15, 0.2) is 46.6 Å². The molecule has 0 aliphatic carbocycles. The normalized spacial score (nSPS) is 15.6. The number of benzene rings is 2. The van der Waals surface area contributed by atoms with Crippen molar-refractivity contribution in [3.63, 3.8) is 0 Å². The molecule has 0 spiro atoms. The molecule has 152 valence electrons. The maximum atomic E-state index is 12.5. The van der Waals surface area contributed by atoms with E-state index in [1.54, 1.807) is 24.3 Å². The van der Waals surface area contributed by atoms with Crippen molar-refractivity contribution in [2.75, 3.05) is 27.9 Å². The Morgan fingerprint density at radius 2 is 1.83 bits per heavy atom. The average Bonchev–Trinajstić information content (AvgIpc) is 3.23. The number of amides is 1. The monoisotopic (exact) mass is 416 g/mol. The summed E-state index contributed by atoms with van der Waals surface area (Å²) in [7, 11) is 4.59. The van der Waals surface area contributed by atoms with Gasteiger partial charge in [-0.1, -0.05) is 23.7 Å². The van der Waals surface area contributed by atoms with Gasteiger partial charge < -0.3 is 19.6 Å². The van der Waals surface area contributed by atoms with Crippen molar-refractivity contribution in [2.24, 2.45) is 10.2 Å². The molecular weight excluding hydrogens is 396 g/mol.